The summed E-state index contributed by atoms with van der Waals surface area (Å²) in [4.78, 5) is 34.2. The Balaban J connectivity index is 1.52. The summed E-state index contributed by atoms with van der Waals surface area (Å²) in [6.45, 7) is 0. The molecule has 0 spiro atoms. The molecule has 8 rings (SSSR count). The van der Waals surface area contributed by atoms with Crippen molar-refractivity contribution in [3.05, 3.63) is 209 Å². The van der Waals surface area contributed by atoms with Crippen LogP contribution in [-0.2, 0) is 5.41 Å². The van der Waals surface area contributed by atoms with Gasteiger partial charge in [-0.25, -0.2) is 0 Å². The van der Waals surface area contributed by atoms with Gasteiger partial charge >= 0.3 is 0 Å². The molecular formula is C42H30N2O2. The number of benzene rings is 6. The topological polar surface area (TPSA) is 40.6 Å². The van der Waals surface area contributed by atoms with Crippen molar-refractivity contribution in [2.24, 2.45) is 0 Å². The lowest BCUT2D eigenvalue weighted by molar-refractivity contribution is 0.0846. The van der Waals surface area contributed by atoms with Crippen molar-refractivity contribution in [3.63, 3.8) is 0 Å². The van der Waals surface area contributed by atoms with Crippen LogP contribution in [-0.4, -0.2) is 17.9 Å². The van der Waals surface area contributed by atoms with Gasteiger partial charge in [0.15, 0.2) is 5.78 Å². The van der Waals surface area contributed by atoms with E-state index in [0.717, 1.165) is 33.5 Å². The molecule has 1 amide bonds. The second-order valence-electron chi connectivity index (χ2n) is 11.6. The van der Waals surface area contributed by atoms with E-state index in [-0.39, 0.29) is 11.7 Å². The number of ketones is 1. The molecule has 4 nitrogen and oxygen atoms in total. The van der Waals surface area contributed by atoms with Crippen molar-refractivity contribution in [2.75, 3.05) is 9.80 Å². The normalized spacial score (nSPS) is 16.2. The third-order valence-corrected chi connectivity index (χ3v) is 9.19. The summed E-state index contributed by atoms with van der Waals surface area (Å²) in [5.74, 6) is -0.185. The molecule has 0 aromatic heterocycles. The van der Waals surface area contributed by atoms with Crippen molar-refractivity contribution in [2.45, 2.75) is 11.6 Å². The monoisotopic (exact) mass is 594 g/mol. The molecule has 220 valence electrons. The van der Waals surface area contributed by atoms with Gasteiger partial charge in [0.25, 0.3) is 5.91 Å². The van der Waals surface area contributed by atoms with Gasteiger partial charge in [-0.05, 0) is 46.5 Å². The molecule has 0 aliphatic carbocycles. The quantitative estimate of drug-likeness (QED) is 0.200. The molecule has 0 N–H and O–H groups in total. The Bertz CT molecular complexity index is 2010. The van der Waals surface area contributed by atoms with Crippen molar-refractivity contribution < 1.29 is 9.59 Å². The SMILES string of the molecule is O=C1c2ccccc2N(C=C(c2ccccc2)c2ccccc2)C2N1c1ccccc1C(=O)C2(c1ccccc1)c1ccccc1. The fourth-order valence-electron chi connectivity index (χ4n) is 7.18. The number of carbonyl (C=O) groups excluding carboxylic acids is 2. The number of hydrogen-bond donors (Lipinski definition) is 0. The first-order valence-electron chi connectivity index (χ1n) is 15.5. The minimum Gasteiger partial charge on any atom is -0.324 e. The van der Waals surface area contributed by atoms with Crippen LogP contribution in [0.25, 0.3) is 5.57 Å². The minimum absolute atomic E-state index is 0.0479. The molecule has 0 fully saturated rings. The van der Waals surface area contributed by atoms with Gasteiger partial charge in [0.1, 0.15) is 11.6 Å². The number of hydrogen-bond acceptors (Lipinski definition) is 3. The Morgan fingerprint density at radius 2 is 0.935 bits per heavy atom. The van der Waals surface area contributed by atoms with Gasteiger partial charge in [0, 0.05) is 17.3 Å². The lowest BCUT2D eigenvalue weighted by atomic mass is 9.63. The lowest BCUT2D eigenvalue weighted by Crippen LogP contribution is -2.69. The first-order valence-corrected chi connectivity index (χ1v) is 15.5. The van der Waals surface area contributed by atoms with Gasteiger partial charge in [-0.2, -0.15) is 0 Å². The van der Waals surface area contributed by atoms with Crippen LogP contribution < -0.4 is 9.80 Å². The third kappa shape index (κ3) is 4.15. The summed E-state index contributed by atoms with van der Waals surface area (Å²) < 4.78 is 0. The smallest absolute Gasteiger partial charge is 0.262 e. The molecule has 2 heterocycles. The van der Waals surface area contributed by atoms with E-state index in [0.29, 0.717) is 16.8 Å². The molecule has 2 aliphatic rings. The zero-order valence-electron chi connectivity index (χ0n) is 25.0. The van der Waals surface area contributed by atoms with Crippen LogP contribution in [0.15, 0.2) is 176 Å². The van der Waals surface area contributed by atoms with Crippen LogP contribution in [0.3, 0.4) is 0 Å². The molecule has 0 bridgehead atoms. The van der Waals surface area contributed by atoms with Crippen LogP contribution in [0.1, 0.15) is 43.0 Å². The van der Waals surface area contributed by atoms with Crippen molar-refractivity contribution in [1.29, 1.82) is 0 Å². The second kappa shape index (κ2) is 11.2. The van der Waals surface area contributed by atoms with E-state index in [4.69, 9.17) is 0 Å². The Labute approximate surface area is 268 Å². The van der Waals surface area contributed by atoms with E-state index in [1.807, 2.05) is 150 Å². The van der Waals surface area contributed by atoms with Crippen molar-refractivity contribution >= 4 is 28.6 Å². The van der Waals surface area contributed by atoms with E-state index in [1.165, 1.54) is 0 Å². The van der Waals surface area contributed by atoms with E-state index < -0.39 is 11.6 Å². The molecule has 1 atom stereocenters. The summed E-state index contributed by atoms with van der Waals surface area (Å²) in [7, 11) is 0. The molecule has 1 unspecified atom stereocenters. The molecular weight excluding hydrogens is 564 g/mol. The molecule has 2 aliphatic heterocycles. The van der Waals surface area contributed by atoms with Crippen molar-refractivity contribution in [3.8, 4) is 0 Å². The van der Waals surface area contributed by atoms with Gasteiger partial charge in [0.05, 0.1) is 16.9 Å². The van der Waals surface area contributed by atoms with Gasteiger partial charge < -0.3 is 4.90 Å². The second-order valence-corrected chi connectivity index (χ2v) is 11.6. The Hall–Kier alpha value is -6.00. The molecule has 0 saturated heterocycles. The number of Topliss-reactive ketones (excluding diaryl/α,β-unsaturated/α-hetero) is 1. The Morgan fingerprint density at radius 3 is 1.48 bits per heavy atom. The first-order chi connectivity index (χ1) is 22.7. The standard InChI is InChI=1S/C42H30N2O2/c45-39-34-25-13-16-28-38(34)44-40(46)35-26-14-15-27-37(35)43(29-36(30-17-5-1-6-18-30)31-19-7-2-8-20-31)41(44)42(39,32-21-9-3-10-22-32)33-23-11-4-12-24-33/h1-29,41H. The largest absolute Gasteiger partial charge is 0.324 e. The summed E-state index contributed by atoms with van der Waals surface area (Å²) in [6.07, 6.45) is 1.37. The highest BCUT2D eigenvalue weighted by Crippen LogP contribution is 2.52. The van der Waals surface area contributed by atoms with Gasteiger partial charge in [-0.15, -0.1) is 0 Å². The minimum atomic E-state index is -1.27. The van der Waals surface area contributed by atoms with Crippen LogP contribution in [0.4, 0.5) is 11.4 Å². The van der Waals surface area contributed by atoms with E-state index in [1.54, 1.807) is 0 Å². The number of carbonyl (C=O) groups is 2. The van der Waals surface area contributed by atoms with Gasteiger partial charge in [0.2, 0.25) is 0 Å². The summed E-state index contributed by atoms with van der Waals surface area (Å²) in [5.41, 5.74) is 5.87. The number of para-hydroxylation sites is 2. The fraction of sp³-hybridized carbons (Fsp3) is 0.0476. The van der Waals surface area contributed by atoms with E-state index in [2.05, 4.69) is 35.4 Å². The predicted molar refractivity (Wildman–Crippen MR) is 184 cm³/mol. The van der Waals surface area contributed by atoms with Gasteiger partial charge in [-0.3, -0.25) is 14.5 Å². The molecule has 6 aromatic carbocycles. The highest BCUT2D eigenvalue weighted by molar-refractivity contribution is 6.22. The average Bonchev–Trinajstić information content (AvgIpc) is 3.13. The predicted octanol–water partition coefficient (Wildman–Crippen LogP) is 8.75. The molecule has 0 saturated carbocycles. The summed E-state index contributed by atoms with van der Waals surface area (Å²) in [5, 5.41) is 0. The molecule has 4 heteroatoms. The number of fused-ring (bicyclic) bond motifs is 4. The fourth-order valence-corrected chi connectivity index (χ4v) is 7.18. The molecule has 0 radical (unpaired) electrons. The van der Waals surface area contributed by atoms with Crippen LogP contribution in [0.2, 0.25) is 0 Å². The maximum Gasteiger partial charge on any atom is 0.262 e. The van der Waals surface area contributed by atoms with Crippen LogP contribution in [0, 0.1) is 0 Å². The molecule has 6 aromatic rings. The first kappa shape index (κ1) is 27.5. The number of rotatable bonds is 5. The van der Waals surface area contributed by atoms with Crippen LogP contribution >= 0.6 is 0 Å². The van der Waals surface area contributed by atoms with Crippen LogP contribution in [0.5, 0.6) is 0 Å². The zero-order valence-corrected chi connectivity index (χ0v) is 25.0. The number of nitrogens with zero attached hydrogens (tertiary/aromatic N) is 2. The lowest BCUT2D eigenvalue weighted by Gasteiger charge is -2.55. The number of amides is 1. The third-order valence-electron chi connectivity index (χ3n) is 9.19. The summed E-state index contributed by atoms with van der Waals surface area (Å²) >= 11 is 0. The maximum atomic E-state index is 15.4. The Morgan fingerprint density at radius 1 is 0.500 bits per heavy atom. The highest BCUT2D eigenvalue weighted by Gasteiger charge is 2.60. The molecule has 46 heavy (non-hydrogen) atoms. The summed E-state index contributed by atoms with van der Waals surface area (Å²) in [6, 6.07) is 55.6. The highest BCUT2D eigenvalue weighted by atomic mass is 16.2. The average molecular weight is 595 g/mol. The van der Waals surface area contributed by atoms with E-state index >= 15 is 4.79 Å². The Kier molecular flexibility index (Phi) is 6.69. The maximum absolute atomic E-state index is 15.4. The van der Waals surface area contributed by atoms with Crippen molar-refractivity contribution in [1.82, 2.24) is 0 Å². The van der Waals surface area contributed by atoms with Gasteiger partial charge in [-0.1, -0.05) is 146 Å². The van der Waals surface area contributed by atoms with E-state index in [9.17, 15) is 4.79 Å². The zero-order chi connectivity index (χ0) is 31.1. The number of anilines is 2.